The minimum absolute atomic E-state index is 0.124. The number of anilines is 4. The van der Waals surface area contributed by atoms with E-state index >= 15 is 0 Å². The fourth-order valence-electron chi connectivity index (χ4n) is 5.82. The van der Waals surface area contributed by atoms with Crippen molar-refractivity contribution >= 4 is 50.5 Å². The van der Waals surface area contributed by atoms with Gasteiger partial charge in [-0.2, -0.15) is 0 Å². The van der Waals surface area contributed by atoms with Gasteiger partial charge in [0.05, 0.1) is 11.6 Å². The summed E-state index contributed by atoms with van der Waals surface area (Å²) in [7, 11) is 2.00. The Bertz CT molecular complexity index is 1880. The Morgan fingerprint density at radius 2 is 1.36 bits per heavy atom. The molecule has 0 spiro atoms. The summed E-state index contributed by atoms with van der Waals surface area (Å²) in [4.78, 5) is 15.2. The quantitative estimate of drug-likeness (QED) is 0.205. The number of nitrogens with one attached hydrogen (secondary N) is 2. The maximum Gasteiger partial charge on any atom is 0.255 e. The molecule has 1 saturated heterocycles. The van der Waals surface area contributed by atoms with Crippen molar-refractivity contribution in [3.63, 3.8) is 0 Å². The molecular weight excluding hydrogens is 522 g/mol. The van der Waals surface area contributed by atoms with Crippen molar-refractivity contribution in [3.8, 4) is 5.69 Å². The first kappa shape index (κ1) is 25.9. The van der Waals surface area contributed by atoms with Crippen LogP contribution in [-0.2, 0) is 7.05 Å². The Labute approximate surface area is 244 Å². The highest BCUT2D eigenvalue weighted by Gasteiger charge is 2.17. The number of hydrogen-bond donors (Lipinski definition) is 3. The minimum Gasteiger partial charge on any atom is -0.393 e. The van der Waals surface area contributed by atoms with Crippen LogP contribution in [0.4, 0.5) is 22.7 Å². The summed E-state index contributed by atoms with van der Waals surface area (Å²) in [5.74, 6) is -0.124. The lowest BCUT2D eigenvalue weighted by molar-refractivity contribution is 0.102. The van der Waals surface area contributed by atoms with Gasteiger partial charge in [-0.3, -0.25) is 4.79 Å². The molecule has 0 atom stereocenters. The largest absolute Gasteiger partial charge is 0.393 e. The molecule has 7 rings (SSSR count). The second-order valence-corrected chi connectivity index (χ2v) is 11.1. The summed E-state index contributed by atoms with van der Waals surface area (Å²) in [6, 6.07) is 32.7. The van der Waals surface area contributed by atoms with E-state index in [9.17, 15) is 9.90 Å². The van der Waals surface area contributed by atoms with E-state index in [1.165, 1.54) is 5.69 Å². The van der Waals surface area contributed by atoms with E-state index in [-0.39, 0.29) is 12.0 Å². The van der Waals surface area contributed by atoms with Crippen molar-refractivity contribution in [2.45, 2.75) is 18.9 Å². The number of aryl methyl sites for hydroxylation is 1. The van der Waals surface area contributed by atoms with Crippen molar-refractivity contribution in [2.75, 3.05) is 28.6 Å². The van der Waals surface area contributed by atoms with Crippen LogP contribution in [0.5, 0.6) is 0 Å². The Morgan fingerprint density at radius 1 is 0.714 bits per heavy atom. The Hall–Kier alpha value is -5.01. The second-order valence-electron chi connectivity index (χ2n) is 11.1. The number of aromatic nitrogens is 2. The molecule has 42 heavy (non-hydrogen) atoms. The maximum absolute atomic E-state index is 12.9. The zero-order valence-corrected chi connectivity index (χ0v) is 23.5. The van der Waals surface area contributed by atoms with Crippen LogP contribution < -0.4 is 15.5 Å². The number of hydrogen-bond acceptors (Lipinski definition) is 4. The summed E-state index contributed by atoms with van der Waals surface area (Å²) >= 11 is 0. The highest BCUT2D eigenvalue weighted by Crippen LogP contribution is 2.28. The van der Waals surface area contributed by atoms with Crippen LogP contribution in [0.3, 0.4) is 0 Å². The number of piperidine rings is 1. The Balaban J connectivity index is 1.02. The Morgan fingerprint density at radius 3 is 2.14 bits per heavy atom. The van der Waals surface area contributed by atoms with E-state index in [1.807, 2.05) is 66.3 Å². The molecule has 1 fully saturated rings. The predicted octanol–water partition coefficient (Wildman–Crippen LogP) is 7.08. The summed E-state index contributed by atoms with van der Waals surface area (Å²) < 4.78 is 4.19. The number of carbonyl (C=O) groups is 1. The van der Waals surface area contributed by atoms with Crippen molar-refractivity contribution in [1.82, 2.24) is 9.13 Å². The smallest absolute Gasteiger partial charge is 0.255 e. The molecule has 3 heterocycles. The van der Waals surface area contributed by atoms with Crippen molar-refractivity contribution in [1.29, 1.82) is 0 Å². The molecule has 6 aromatic rings. The number of rotatable bonds is 6. The fraction of sp³-hybridized carbons (Fsp3) is 0.171. The monoisotopic (exact) mass is 555 g/mol. The summed E-state index contributed by atoms with van der Waals surface area (Å²) in [6.07, 6.45) is 5.55. The van der Waals surface area contributed by atoms with Crippen LogP contribution in [0.15, 0.2) is 109 Å². The molecule has 0 saturated carbocycles. The zero-order valence-electron chi connectivity index (χ0n) is 23.5. The average molecular weight is 556 g/mol. The SMILES string of the molecule is Cn1ccc2cc(C(=O)Nc3ccc(-n4ccc5cc(Nc6ccc(N7CCC(O)CC7)cc6)ccc54)cc3)ccc21. The number of aliphatic hydroxyl groups is 1. The van der Waals surface area contributed by atoms with E-state index in [1.54, 1.807) is 0 Å². The van der Waals surface area contributed by atoms with Crippen molar-refractivity contribution < 1.29 is 9.90 Å². The van der Waals surface area contributed by atoms with E-state index in [0.29, 0.717) is 5.56 Å². The lowest BCUT2D eigenvalue weighted by Gasteiger charge is -2.31. The average Bonchev–Trinajstić information content (AvgIpc) is 3.61. The van der Waals surface area contributed by atoms with Gasteiger partial charge in [-0.25, -0.2) is 0 Å². The van der Waals surface area contributed by atoms with Crippen LogP contribution in [0.25, 0.3) is 27.5 Å². The molecule has 0 aliphatic carbocycles. The molecule has 2 aromatic heterocycles. The van der Waals surface area contributed by atoms with Gasteiger partial charge in [0.2, 0.25) is 0 Å². The molecule has 1 aliphatic heterocycles. The normalized spacial score (nSPS) is 14.0. The first-order chi connectivity index (χ1) is 20.5. The first-order valence-electron chi connectivity index (χ1n) is 14.4. The van der Waals surface area contributed by atoms with Crippen molar-refractivity contribution in [3.05, 3.63) is 115 Å². The fourth-order valence-corrected chi connectivity index (χ4v) is 5.82. The molecular formula is C35H33N5O2. The molecule has 210 valence electrons. The molecule has 7 nitrogen and oxygen atoms in total. The van der Waals surface area contributed by atoms with Gasteiger partial charge in [-0.05, 0) is 110 Å². The van der Waals surface area contributed by atoms with Gasteiger partial charge >= 0.3 is 0 Å². The first-order valence-corrected chi connectivity index (χ1v) is 14.4. The lowest BCUT2D eigenvalue weighted by atomic mass is 10.1. The number of fused-ring (bicyclic) bond motifs is 2. The molecule has 4 aromatic carbocycles. The number of amides is 1. The van der Waals surface area contributed by atoms with Crippen LogP contribution >= 0.6 is 0 Å². The second kappa shape index (κ2) is 10.8. The summed E-state index contributed by atoms with van der Waals surface area (Å²) in [5.41, 5.74) is 7.88. The van der Waals surface area contributed by atoms with Crippen LogP contribution in [0, 0.1) is 0 Å². The molecule has 1 amide bonds. The van der Waals surface area contributed by atoms with Gasteiger partial charge in [-0.15, -0.1) is 0 Å². The third-order valence-corrected chi connectivity index (χ3v) is 8.23. The van der Waals surface area contributed by atoms with Crippen LogP contribution in [0.1, 0.15) is 23.2 Å². The highest BCUT2D eigenvalue weighted by molar-refractivity contribution is 6.06. The molecule has 0 unspecified atom stereocenters. The van der Waals surface area contributed by atoms with Gasteiger partial charge in [0.15, 0.2) is 0 Å². The van der Waals surface area contributed by atoms with E-state index < -0.39 is 0 Å². The molecule has 3 N–H and O–H groups in total. The molecule has 7 heteroatoms. The van der Waals surface area contributed by atoms with Crippen LogP contribution in [0.2, 0.25) is 0 Å². The predicted molar refractivity (Wildman–Crippen MR) is 171 cm³/mol. The van der Waals surface area contributed by atoms with E-state index in [4.69, 9.17) is 0 Å². The van der Waals surface area contributed by atoms with E-state index in [0.717, 1.165) is 70.5 Å². The zero-order chi connectivity index (χ0) is 28.6. The summed E-state index contributed by atoms with van der Waals surface area (Å²) in [6.45, 7) is 1.79. The number of benzene rings is 4. The number of nitrogens with zero attached hydrogens (tertiary/aromatic N) is 3. The third kappa shape index (κ3) is 5.10. The van der Waals surface area contributed by atoms with Gasteiger partial charge in [0.1, 0.15) is 0 Å². The highest BCUT2D eigenvalue weighted by atomic mass is 16.3. The topological polar surface area (TPSA) is 74.5 Å². The maximum atomic E-state index is 12.9. The van der Waals surface area contributed by atoms with Gasteiger partial charge in [-0.1, -0.05) is 0 Å². The molecule has 0 bridgehead atoms. The third-order valence-electron chi connectivity index (χ3n) is 8.23. The lowest BCUT2D eigenvalue weighted by Crippen LogP contribution is -2.35. The molecule has 0 radical (unpaired) electrons. The molecule has 1 aliphatic rings. The standard InChI is InChI=1S/C35H33N5O2/c1-38-18-14-24-22-26(2-12-33(24)38)35(42)37-28-5-10-31(11-6-28)40-21-15-25-23-29(7-13-34(25)40)36-27-3-8-30(9-4-27)39-19-16-32(41)17-20-39/h2-15,18,21-23,32,36,41H,16-17,19-20H2,1H3,(H,37,42). The van der Waals surface area contributed by atoms with Crippen LogP contribution in [-0.4, -0.2) is 39.3 Å². The Kier molecular flexibility index (Phi) is 6.64. The van der Waals surface area contributed by atoms with Gasteiger partial charge in [0.25, 0.3) is 5.91 Å². The number of carbonyl (C=O) groups excluding carboxylic acids is 1. The van der Waals surface area contributed by atoms with Crippen molar-refractivity contribution in [2.24, 2.45) is 7.05 Å². The number of aliphatic hydroxyl groups excluding tert-OH is 1. The summed E-state index contributed by atoms with van der Waals surface area (Å²) in [5, 5.41) is 18.5. The van der Waals surface area contributed by atoms with Gasteiger partial charge < -0.3 is 29.8 Å². The van der Waals surface area contributed by atoms with Gasteiger partial charge in [0, 0.05) is 82.8 Å². The van der Waals surface area contributed by atoms with E-state index in [2.05, 4.69) is 74.8 Å². The minimum atomic E-state index is -0.166.